The van der Waals surface area contributed by atoms with Gasteiger partial charge in [0.2, 0.25) is 0 Å². The zero-order chi connectivity index (χ0) is 10.2. The fourth-order valence-corrected chi connectivity index (χ4v) is 1.25. The molecule has 1 rings (SSSR count). The van der Waals surface area contributed by atoms with Gasteiger partial charge in [0.1, 0.15) is 5.82 Å². The van der Waals surface area contributed by atoms with Gasteiger partial charge in [0.25, 0.3) is 0 Å². The van der Waals surface area contributed by atoms with Gasteiger partial charge < -0.3 is 10.6 Å². The Morgan fingerprint density at radius 1 is 1.29 bits per heavy atom. The van der Waals surface area contributed by atoms with Crippen LogP contribution < -0.4 is 10.6 Å². The topological polar surface area (TPSA) is 37.0 Å². The number of pyridine rings is 1. The smallest absolute Gasteiger partial charge is 0.126 e. The predicted octanol–water partition coefficient (Wildman–Crippen LogP) is 1.67. The van der Waals surface area contributed by atoms with Gasteiger partial charge in [0.05, 0.1) is 0 Å². The van der Waals surface area contributed by atoms with Crippen LogP contribution in [-0.2, 0) is 6.42 Å². The van der Waals surface area contributed by atoms with Crippen LogP contribution in [0.15, 0.2) is 18.3 Å². The fraction of sp³-hybridized carbons (Fsp3) is 0.545. The SMILES string of the molecule is CCNCCNc1cc(CC)ccn1. The van der Waals surface area contributed by atoms with Gasteiger partial charge in [-0.3, -0.25) is 0 Å². The summed E-state index contributed by atoms with van der Waals surface area (Å²) in [7, 11) is 0. The second-order valence-electron chi connectivity index (χ2n) is 3.18. The number of rotatable bonds is 6. The lowest BCUT2D eigenvalue weighted by molar-refractivity contribution is 0.737. The lowest BCUT2D eigenvalue weighted by Crippen LogP contribution is -2.21. The van der Waals surface area contributed by atoms with Gasteiger partial charge in [-0.25, -0.2) is 4.98 Å². The highest BCUT2D eigenvalue weighted by atomic mass is 15.0. The third kappa shape index (κ3) is 3.75. The Hall–Kier alpha value is -1.09. The Morgan fingerprint density at radius 2 is 2.14 bits per heavy atom. The van der Waals surface area contributed by atoms with Gasteiger partial charge in [0, 0.05) is 19.3 Å². The van der Waals surface area contributed by atoms with E-state index in [4.69, 9.17) is 0 Å². The lowest BCUT2D eigenvalue weighted by Gasteiger charge is -2.06. The Labute approximate surface area is 85.9 Å². The Balaban J connectivity index is 2.34. The van der Waals surface area contributed by atoms with Gasteiger partial charge in [-0.1, -0.05) is 13.8 Å². The number of aromatic nitrogens is 1. The Kier molecular flexibility index (Phi) is 5.00. The molecule has 3 heteroatoms. The van der Waals surface area contributed by atoms with E-state index >= 15 is 0 Å². The summed E-state index contributed by atoms with van der Waals surface area (Å²) in [5.41, 5.74) is 1.32. The van der Waals surface area contributed by atoms with Crippen LogP contribution >= 0.6 is 0 Å². The second kappa shape index (κ2) is 6.38. The molecule has 0 saturated heterocycles. The summed E-state index contributed by atoms with van der Waals surface area (Å²) in [6.07, 6.45) is 2.92. The molecular weight excluding hydrogens is 174 g/mol. The Morgan fingerprint density at radius 3 is 2.86 bits per heavy atom. The van der Waals surface area contributed by atoms with E-state index in [-0.39, 0.29) is 0 Å². The summed E-state index contributed by atoms with van der Waals surface area (Å²) < 4.78 is 0. The molecule has 0 aliphatic rings. The van der Waals surface area contributed by atoms with Crippen molar-refractivity contribution in [2.75, 3.05) is 25.0 Å². The van der Waals surface area contributed by atoms with E-state index in [2.05, 4.69) is 41.6 Å². The van der Waals surface area contributed by atoms with E-state index in [0.29, 0.717) is 0 Å². The molecule has 0 atom stereocenters. The van der Waals surface area contributed by atoms with Crippen molar-refractivity contribution in [3.63, 3.8) is 0 Å². The van der Waals surface area contributed by atoms with E-state index in [9.17, 15) is 0 Å². The molecule has 14 heavy (non-hydrogen) atoms. The number of nitrogens with one attached hydrogen (secondary N) is 2. The zero-order valence-corrected chi connectivity index (χ0v) is 9.01. The minimum Gasteiger partial charge on any atom is -0.369 e. The van der Waals surface area contributed by atoms with Crippen molar-refractivity contribution in [3.05, 3.63) is 23.9 Å². The summed E-state index contributed by atoms with van der Waals surface area (Å²) in [5.74, 6) is 0.974. The monoisotopic (exact) mass is 193 g/mol. The number of anilines is 1. The van der Waals surface area contributed by atoms with E-state index in [1.54, 1.807) is 0 Å². The molecule has 0 saturated carbocycles. The quantitative estimate of drug-likeness (QED) is 0.675. The van der Waals surface area contributed by atoms with Crippen molar-refractivity contribution in [3.8, 4) is 0 Å². The van der Waals surface area contributed by atoms with Crippen LogP contribution in [0.5, 0.6) is 0 Å². The molecule has 1 aromatic heterocycles. The van der Waals surface area contributed by atoms with Crippen molar-refractivity contribution in [2.45, 2.75) is 20.3 Å². The maximum Gasteiger partial charge on any atom is 0.126 e. The third-order valence-corrected chi connectivity index (χ3v) is 2.09. The van der Waals surface area contributed by atoms with E-state index in [1.807, 2.05) is 6.20 Å². The van der Waals surface area contributed by atoms with Crippen LogP contribution in [0, 0.1) is 0 Å². The standard InChI is InChI=1S/C11H19N3/c1-3-10-5-6-13-11(9-10)14-8-7-12-4-2/h5-6,9,12H,3-4,7-8H2,1-2H3,(H,13,14). The molecule has 0 aliphatic heterocycles. The van der Waals surface area contributed by atoms with Crippen molar-refractivity contribution in [1.29, 1.82) is 0 Å². The molecule has 3 nitrogen and oxygen atoms in total. The zero-order valence-electron chi connectivity index (χ0n) is 9.01. The van der Waals surface area contributed by atoms with Gasteiger partial charge in [0.15, 0.2) is 0 Å². The predicted molar refractivity (Wildman–Crippen MR) is 60.6 cm³/mol. The molecule has 0 aromatic carbocycles. The summed E-state index contributed by atoms with van der Waals surface area (Å²) in [6.45, 7) is 7.18. The van der Waals surface area contributed by atoms with Crippen molar-refractivity contribution in [1.82, 2.24) is 10.3 Å². The molecule has 0 fully saturated rings. The van der Waals surface area contributed by atoms with Crippen molar-refractivity contribution >= 4 is 5.82 Å². The molecule has 0 amide bonds. The first-order chi connectivity index (χ1) is 6.86. The molecule has 0 aliphatic carbocycles. The molecule has 0 unspecified atom stereocenters. The maximum atomic E-state index is 4.25. The normalized spacial score (nSPS) is 10.1. The van der Waals surface area contributed by atoms with Gasteiger partial charge in [-0.2, -0.15) is 0 Å². The van der Waals surface area contributed by atoms with Gasteiger partial charge in [-0.15, -0.1) is 0 Å². The van der Waals surface area contributed by atoms with E-state index in [1.165, 1.54) is 5.56 Å². The highest BCUT2D eigenvalue weighted by molar-refractivity contribution is 5.37. The molecule has 2 N–H and O–H groups in total. The molecule has 0 bridgehead atoms. The number of likely N-dealkylation sites (N-methyl/N-ethyl adjacent to an activating group) is 1. The van der Waals surface area contributed by atoms with Crippen LogP contribution in [0.4, 0.5) is 5.82 Å². The summed E-state index contributed by atoms with van der Waals surface area (Å²) >= 11 is 0. The average Bonchev–Trinajstić information content (AvgIpc) is 2.25. The lowest BCUT2D eigenvalue weighted by atomic mass is 10.2. The summed E-state index contributed by atoms with van der Waals surface area (Å²) in [4.78, 5) is 4.25. The molecule has 0 spiro atoms. The number of hydrogen-bond donors (Lipinski definition) is 2. The van der Waals surface area contributed by atoms with Crippen LogP contribution in [0.25, 0.3) is 0 Å². The summed E-state index contributed by atoms with van der Waals surface area (Å²) in [6, 6.07) is 4.15. The first-order valence-corrected chi connectivity index (χ1v) is 5.26. The molecule has 1 aromatic rings. The van der Waals surface area contributed by atoms with Crippen LogP contribution in [-0.4, -0.2) is 24.6 Å². The second-order valence-corrected chi connectivity index (χ2v) is 3.18. The average molecular weight is 193 g/mol. The van der Waals surface area contributed by atoms with Crippen molar-refractivity contribution < 1.29 is 0 Å². The number of nitrogens with zero attached hydrogens (tertiary/aromatic N) is 1. The third-order valence-electron chi connectivity index (χ3n) is 2.09. The molecular formula is C11H19N3. The fourth-order valence-electron chi connectivity index (χ4n) is 1.25. The minimum atomic E-state index is 0.925. The first-order valence-electron chi connectivity index (χ1n) is 5.26. The summed E-state index contributed by atoms with van der Waals surface area (Å²) in [5, 5.41) is 6.54. The molecule has 1 heterocycles. The van der Waals surface area contributed by atoms with Crippen LogP contribution in [0.2, 0.25) is 0 Å². The largest absolute Gasteiger partial charge is 0.369 e. The highest BCUT2D eigenvalue weighted by Gasteiger charge is 1.94. The van der Waals surface area contributed by atoms with Crippen LogP contribution in [0.1, 0.15) is 19.4 Å². The van der Waals surface area contributed by atoms with E-state index in [0.717, 1.165) is 31.9 Å². The van der Waals surface area contributed by atoms with Crippen molar-refractivity contribution in [2.24, 2.45) is 0 Å². The van der Waals surface area contributed by atoms with E-state index < -0.39 is 0 Å². The Bertz CT molecular complexity index is 260. The molecule has 78 valence electrons. The highest BCUT2D eigenvalue weighted by Crippen LogP contribution is 2.06. The maximum absolute atomic E-state index is 4.25. The number of aryl methyl sites for hydroxylation is 1. The molecule has 0 radical (unpaired) electrons. The van der Waals surface area contributed by atoms with Crippen LogP contribution in [0.3, 0.4) is 0 Å². The minimum absolute atomic E-state index is 0.925. The van der Waals surface area contributed by atoms with Gasteiger partial charge >= 0.3 is 0 Å². The first kappa shape index (κ1) is 11.0. The van der Waals surface area contributed by atoms with Gasteiger partial charge in [-0.05, 0) is 30.7 Å². The number of hydrogen-bond acceptors (Lipinski definition) is 3.